The molecule has 1 rings (SSSR count). The van der Waals surface area contributed by atoms with Crippen LogP contribution in [0.2, 0.25) is 0 Å². The first kappa shape index (κ1) is 11.0. The molecule has 0 aromatic rings. The molecule has 1 saturated heterocycles. The van der Waals surface area contributed by atoms with Gasteiger partial charge in [-0.1, -0.05) is 26.2 Å². The van der Waals surface area contributed by atoms with Crippen molar-refractivity contribution < 1.29 is 14.7 Å². The van der Waals surface area contributed by atoms with Gasteiger partial charge >= 0.3 is 5.97 Å². The topological polar surface area (TPSA) is 66.4 Å². The second-order valence-corrected chi connectivity index (χ2v) is 3.84. The zero-order valence-corrected chi connectivity index (χ0v) is 8.45. The minimum Gasteiger partial charge on any atom is -0.480 e. The van der Waals surface area contributed by atoms with Crippen molar-refractivity contribution in [1.29, 1.82) is 0 Å². The molecule has 14 heavy (non-hydrogen) atoms. The molecule has 0 bridgehead atoms. The normalized spacial score (nSPS) is 26.2. The van der Waals surface area contributed by atoms with Gasteiger partial charge in [0.2, 0.25) is 5.91 Å². The van der Waals surface area contributed by atoms with Crippen molar-refractivity contribution in [3.8, 4) is 0 Å². The molecule has 0 aromatic carbocycles. The Bertz CT molecular complexity index is 227. The van der Waals surface area contributed by atoms with E-state index in [1.165, 1.54) is 0 Å². The molecule has 1 amide bonds. The third kappa shape index (κ3) is 2.72. The lowest BCUT2D eigenvalue weighted by Gasteiger charge is -2.13. The second-order valence-electron chi connectivity index (χ2n) is 3.84. The highest BCUT2D eigenvalue weighted by molar-refractivity contribution is 5.87. The summed E-state index contributed by atoms with van der Waals surface area (Å²) < 4.78 is 0. The minimum absolute atomic E-state index is 0.00782. The van der Waals surface area contributed by atoms with Gasteiger partial charge in [0.25, 0.3) is 0 Å². The number of carboxylic acids is 1. The number of aliphatic carboxylic acids is 1. The van der Waals surface area contributed by atoms with Gasteiger partial charge in [0.15, 0.2) is 0 Å². The Labute approximate surface area is 83.7 Å². The molecule has 0 spiro atoms. The van der Waals surface area contributed by atoms with Gasteiger partial charge in [0, 0.05) is 6.42 Å². The van der Waals surface area contributed by atoms with Crippen LogP contribution in [0.5, 0.6) is 0 Å². The Morgan fingerprint density at radius 2 is 2.29 bits per heavy atom. The first-order valence-electron chi connectivity index (χ1n) is 5.17. The molecule has 1 aliphatic heterocycles. The Hall–Kier alpha value is -1.06. The average molecular weight is 199 g/mol. The van der Waals surface area contributed by atoms with Gasteiger partial charge in [0.05, 0.1) is 0 Å². The van der Waals surface area contributed by atoms with Crippen LogP contribution in [0.3, 0.4) is 0 Å². The molecule has 1 fully saturated rings. The smallest absolute Gasteiger partial charge is 0.326 e. The molecule has 1 aliphatic rings. The third-order valence-electron chi connectivity index (χ3n) is 2.68. The zero-order valence-electron chi connectivity index (χ0n) is 8.45. The van der Waals surface area contributed by atoms with E-state index in [4.69, 9.17) is 5.11 Å². The lowest BCUT2D eigenvalue weighted by Crippen LogP contribution is -2.36. The number of carbonyl (C=O) groups is 2. The summed E-state index contributed by atoms with van der Waals surface area (Å²) in [6, 6.07) is -0.653. The monoisotopic (exact) mass is 199 g/mol. The molecule has 0 unspecified atom stereocenters. The van der Waals surface area contributed by atoms with Crippen LogP contribution in [0.25, 0.3) is 0 Å². The van der Waals surface area contributed by atoms with Crippen molar-refractivity contribution in [2.75, 3.05) is 0 Å². The summed E-state index contributed by atoms with van der Waals surface area (Å²) in [5, 5.41) is 11.3. The Balaban J connectivity index is 2.41. The Morgan fingerprint density at radius 1 is 1.57 bits per heavy atom. The first-order valence-corrected chi connectivity index (χ1v) is 5.17. The van der Waals surface area contributed by atoms with Gasteiger partial charge in [-0.25, -0.2) is 4.79 Å². The molecule has 80 valence electrons. The molecular weight excluding hydrogens is 182 g/mol. The average Bonchev–Trinajstić information content (AvgIpc) is 2.47. The van der Waals surface area contributed by atoms with Gasteiger partial charge in [-0.05, 0) is 12.3 Å². The highest BCUT2D eigenvalue weighted by Crippen LogP contribution is 2.23. The van der Waals surface area contributed by atoms with E-state index >= 15 is 0 Å². The maximum atomic E-state index is 11.0. The van der Waals surface area contributed by atoms with Crippen LogP contribution in [0.4, 0.5) is 0 Å². The quantitative estimate of drug-likeness (QED) is 0.653. The number of carbonyl (C=O) groups excluding carboxylic acids is 1. The van der Waals surface area contributed by atoms with Gasteiger partial charge in [0.1, 0.15) is 6.04 Å². The summed E-state index contributed by atoms with van der Waals surface area (Å²) in [4.78, 5) is 21.8. The summed E-state index contributed by atoms with van der Waals surface area (Å²) >= 11 is 0. The maximum absolute atomic E-state index is 11.0. The van der Waals surface area contributed by atoms with E-state index in [1.807, 2.05) is 0 Å². The largest absolute Gasteiger partial charge is 0.480 e. The zero-order chi connectivity index (χ0) is 10.6. The van der Waals surface area contributed by atoms with E-state index in [2.05, 4.69) is 12.2 Å². The lowest BCUT2D eigenvalue weighted by molar-refractivity contribution is -0.140. The predicted octanol–water partition coefficient (Wildman–Crippen LogP) is 1.16. The summed E-state index contributed by atoms with van der Waals surface area (Å²) in [7, 11) is 0. The molecule has 0 aliphatic carbocycles. The summed E-state index contributed by atoms with van der Waals surface area (Å²) in [5.74, 6) is -1.04. The van der Waals surface area contributed by atoms with Crippen molar-refractivity contribution in [1.82, 2.24) is 5.32 Å². The van der Waals surface area contributed by atoms with Gasteiger partial charge in [-0.15, -0.1) is 0 Å². The predicted molar refractivity (Wildman–Crippen MR) is 51.8 cm³/mol. The highest BCUT2D eigenvalue weighted by atomic mass is 16.4. The van der Waals surface area contributed by atoms with Gasteiger partial charge < -0.3 is 10.4 Å². The van der Waals surface area contributed by atoms with Crippen LogP contribution in [0, 0.1) is 5.92 Å². The van der Waals surface area contributed by atoms with Crippen LogP contribution in [-0.2, 0) is 9.59 Å². The van der Waals surface area contributed by atoms with E-state index in [9.17, 15) is 9.59 Å². The molecule has 4 nitrogen and oxygen atoms in total. The van der Waals surface area contributed by atoms with Crippen molar-refractivity contribution >= 4 is 11.9 Å². The van der Waals surface area contributed by atoms with Crippen molar-refractivity contribution in [2.45, 2.75) is 45.1 Å². The fourth-order valence-electron chi connectivity index (χ4n) is 1.89. The fourth-order valence-corrected chi connectivity index (χ4v) is 1.89. The number of hydrogen-bond acceptors (Lipinski definition) is 2. The molecule has 0 aromatic heterocycles. The second kappa shape index (κ2) is 4.98. The number of rotatable bonds is 5. The molecule has 2 atom stereocenters. The van der Waals surface area contributed by atoms with Crippen LogP contribution < -0.4 is 5.32 Å². The molecule has 0 radical (unpaired) electrons. The highest BCUT2D eigenvalue weighted by Gasteiger charge is 2.36. The minimum atomic E-state index is -0.905. The van der Waals surface area contributed by atoms with E-state index in [0.717, 1.165) is 25.7 Å². The van der Waals surface area contributed by atoms with Crippen LogP contribution in [0.15, 0.2) is 0 Å². The summed E-state index contributed by atoms with van der Waals surface area (Å²) in [6.45, 7) is 2.10. The van der Waals surface area contributed by atoms with E-state index < -0.39 is 12.0 Å². The van der Waals surface area contributed by atoms with E-state index in [1.54, 1.807) is 0 Å². The Morgan fingerprint density at radius 3 is 2.86 bits per heavy atom. The molecule has 2 N–H and O–H groups in total. The lowest BCUT2D eigenvalue weighted by atomic mass is 9.94. The number of carboxylic acid groups (broad SMARTS) is 1. The first-order chi connectivity index (χ1) is 6.65. The fraction of sp³-hybridized carbons (Fsp3) is 0.800. The number of unbranched alkanes of at least 4 members (excludes halogenated alkanes) is 2. The molecular formula is C10H17NO3. The van der Waals surface area contributed by atoms with Crippen molar-refractivity contribution in [3.05, 3.63) is 0 Å². The van der Waals surface area contributed by atoms with E-state index in [0.29, 0.717) is 6.42 Å². The van der Waals surface area contributed by atoms with Crippen LogP contribution >= 0.6 is 0 Å². The molecule has 4 heteroatoms. The summed E-state index contributed by atoms with van der Waals surface area (Å²) in [5.41, 5.74) is 0. The number of amides is 1. The maximum Gasteiger partial charge on any atom is 0.326 e. The standard InChI is InChI=1S/C10H17NO3/c1-2-3-4-5-7-6-8(12)11-9(7)10(13)14/h7,9H,2-6H2,1H3,(H,11,12)(H,13,14)/t7-,9+/m1/s1. The molecule has 0 saturated carbocycles. The van der Waals surface area contributed by atoms with Crippen molar-refractivity contribution in [3.63, 3.8) is 0 Å². The van der Waals surface area contributed by atoms with Gasteiger partial charge in [-0.2, -0.15) is 0 Å². The third-order valence-corrected chi connectivity index (χ3v) is 2.68. The number of hydrogen-bond donors (Lipinski definition) is 2. The SMILES string of the molecule is CCCCC[C@@H]1CC(=O)N[C@@H]1C(=O)O. The van der Waals surface area contributed by atoms with Crippen molar-refractivity contribution in [2.24, 2.45) is 5.92 Å². The van der Waals surface area contributed by atoms with Crippen LogP contribution in [-0.4, -0.2) is 23.0 Å². The number of nitrogens with one attached hydrogen (secondary N) is 1. The van der Waals surface area contributed by atoms with Crippen LogP contribution in [0.1, 0.15) is 39.0 Å². The summed E-state index contributed by atoms with van der Waals surface area (Å²) in [6.07, 6.45) is 4.45. The van der Waals surface area contributed by atoms with Gasteiger partial charge in [-0.3, -0.25) is 4.79 Å². The van der Waals surface area contributed by atoms with E-state index in [-0.39, 0.29) is 11.8 Å². The Kier molecular flexibility index (Phi) is 3.92. The molecule has 1 heterocycles.